The summed E-state index contributed by atoms with van der Waals surface area (Å²) in [6, 6.07) is 0. The van der Waals surface area contributed by atoms with E-state index in [9.17, 15) is 9.59 Å². The van der Waals surface area contributed by atoms with Crippen LogP contribution in [0.1, 0.15) is 116 Å². The van der Waals surface area contributed by atoms with Crippen LogP contribution in [0.3, 0.4) is 0 Å². The predicted molar refractivity (Wildman–Crippen MR) is 110 cm³/mol. The van der Waals surface area contributed by atoms with E-state index in [0.29, 0.717) is 6.54 Å². The fourth-order valence-corrected chi connectivity index (χ4v) is 3.65. The lowest BCUT2D eigenvalue weighted by Gasteiger charge is -2.12. The van der Waals surface area contributed by atoms with E-state index in [4.69, 9.17) is 0 Å². The molecular weight excluding hydrogens is 322 g/mol. The molecule has 1 aliphatic rings. The Balaban J connectivity index is 1.72. The van der Waals surface area contributed by atoms with Crippen LogP contribution in [0.5, 0.6) is 0 Å². The Hall–Kier alpha value is -1.12. The van der Waals surface area contributed by atoms with E-state index in [-0.39, 0.29) is 11.8 Å². The normalized spacial score (nSPS) is 14.0. The van der Waals surface area contributed by atoms with Crippen LogP contribution in [-0.4, -0.2) is 23.3 Å². The molecule has 0 radical (unpaired) electrons. The first-order chi connectivity index (χ1) is 12.8. The minimum atomic E-state index is -0.147. The molecule has 0 saturated heterocycles. The van der Waals surface area contributed by atoms with Crippen molar-refractivity contribution in [3.05, 3.63) is 12.2 Å². The third-order valence-corrected chi connectivity index (χ3v) is 5.39. The van der Waals surface area contributed by atoms with Crippen molar-refractivity contribution in [2.45, 2.75) is 116 Å². The molecule has 0 aromatic carbocycles. The van der Waals surface area contributed by atoms with Gasteiger partial charge in [-0.15, -0.1) is 0 Å². The second kappa shape index (κ2) is 16.1. The van der Waals surface area contributed by atoms with Crippen LogP contribution in [0.2, 0.25) is 0 Å². The van der Waals surface area contributed by atoms with E-state index >= 15 is 0 Å². The van der Waals surface area contributed by atoms with E-state index in [1.807, 2.05) is 0 Å². The molecule has 150 valence electrons. The van der Waals surface area contributed by atoms with Crippen molar-refractivity contribution in [2.24, 2.45) is 0 Å². The molecule has 0 bridgehead atoms. The summed E-state index contributed by atoms with van der Waals surface area (Å²) in [7, 11) is 0. The van der Waals surface area contributed by atoms with Crippen LogP contribution in [0, 0.1) is 0 Å². The van der Waals surface area contributed by atoms with Crippen LogP contribution in [0.15, 0.2) is 12.2 Å². The van der Waals surface area contributed by atoms with Gasteiger partial charge < -0.3 is 0 Å². The second-order valence-corrected chi connectivity index (χ2v) is 7.82. The van der Waals surface area contributed by atoms with Gasteiger partial charge in [-0.1, -0.05) is 110 Å². The molecule has 0 aliphatic carbocycles. The summed E-state index contributed by atoms with van der Waals surface area (Å²) in [6.07, 6.45) is 25.6. The lowest BCUT2D eigenvalue weighted by molar-refractivity contribution is -0.136. The van der Waals surface area contributed by atoms with E-state index in [2.05, 4.69) is 6.92 Å². The molecule has 0 aromatic rings. The van der Waals surface area contributed by atoms with Gasteiger partial charge in [0, 0.05) is 18.7 Å². The number of amides is 2. The van der Waals surface area contributed by atoms with Gasteiger partial charge >= 0.3 is 0 Å². The number of unbranched alkanes of at least 4 members (excludes halogenated alkanes) is 16. The second-order valence-electron chi connectivity index (χ2n) is 7.82. The smallest absolute Gasteiger partial charge is 0.253 e. The third-order valence-electron chi connectivity index (χ3n) is 5.39. The van der Waals surface area contributed by atoms with Crippen LogP contribution in [-0.2, 0) is 9.59 Å². The average molecular weight is 364 g/mol. The van der Waals surface area contributed by atoms with E-state index < -0.39 is 0 Å². The van der Waals surface area contributed by atoms with Crippen molar-refractivity contribution in [2.75, 3.05) is 6.54 Å². The summed E-state index contributed by atoms with van der Waals surface area (Å²) in [5.41, 5.74) is 0. The zero-order chi connectivity index (χ0) is 18.9. The number of nitrogens with zero attached hydrogens (tertiary/aromatic N) is 1. The summed E-state index contributed by atoms with van der Waals surface area (Å²) in [4.78, 5) is 24.2. The molecular formula is C23H41NO2. The topological polar surface area (TPSA) is 37.4 Å². The zero-order valence-corrected chi connectivity index (χ0v) is 17.1. The van der Waals surface area contributed by atoms with Crippen LogP contribution in [0.4, 0.5) is 0 Å². The number of rotatable bonds is 18. The average Bonchev–Trinajstić information content (AvgIpc) is 2.96. The molecule has 0 atom stereocenters. The molecule has 26 heavy (non-hydrogen) atoms. The molecule has 3 heteroatoms. The highest BCUT2D eigenvalue weighted by Gasteiger charge is 2.21. The van der Waals surface area contributed by atoms with Gasteiger partial charge in [-0.25, -0.2) is 0 Å². The molecule has 3 nitrogen and oxygen atoms in total. The summed E-state index contributed by atoms with van der Waals surface area (Å²) in [5, 5.41) is 0. The quantitative estimate of drug-likeness (QED) is 0.204. The maximum Gasteiger partial charge on any atom is 0.253 e. The maximum absolute atomic E-state index is 11.4. The summed E-state index contributed by atoms with van der Waals surface area (Å²) < 4.78 is 0. The van der Waals surface area contributed by atoms with Gasteiger partial charge in [-0.3, -0.25) is 14.5 Å². The molecule has 0 fully saturated rings. The van der Waals surface area contributed by atoms with Gasteiger partial charge in [0.25, 0.3) is 11.8 Å². The molecule has 1 heterocycles. The fraction of sp³-hybridized carbons (Fsp3) is 0.826. The highest BCUT2D eigenvalue weighted by molar-refractivity contribution is 6.12. The largest absolute Gasteiger partial charge is 0.275 e. The van der Waals surface area contributed by atoms with E-state index in [0.717, 1.165) is 12.8 Å². The molecule has 2 amide bonds. The first-order valence-corrected chi connectivity index (χ1v) is 11.3. The number of hydrogen-bond donors (Lipinski definition) is 0. The van der Waals surface area contributed by atoms with Crippen LogP contribution >= 0.6 is 0 Å². The first kappa shape index (κ1) is 22.9. The van der Waals surface area contributed by atoms with Crippen molar-refractivity contribution < 1.29 is 9.59 Å². The van der Waals surface area contributed by atoms with Crippen molar-refractivity contribution >= 4 is 11.8 Å². The van der Waals surface area contributed by atoms with Crippen molar-refractivity contribution in [1.82, 2.24) is 4.90 Å². The Morgan fingerprint density at radius 1 is 0.538 bits per heavy atom. The Kier molecular flexibility index (Phi) is 14.2. The third kappa shape index (κ3) is 11.5. The minimum Gasteiger partial charge on any atom is -0.275 e. The summed E-state index contributed by atoms with van der Waals surface area (Å²) in [6.45, 7) is 2.86. The lowest BCUT2D eigenvalue weighted by atomic mass is 10.0. The lowest BCUT2D eigenvalue weighted by Crippen LogP contribution is -2.30. The van der Waals surface area contributed by atoms with Crippen molar-refractivity contribution in [1.29, 1.82) is 0 Å². The Bertz CT molecular complexity index is 385. The molecule has 0 saturated carbocycles. The number of carbonyl (C=O) groups excluding carboxylic acids is 2. The molecule has 0 aromatic heterocycles. The van der Waals surface area contributed by atoms with Gasteiger partial charge in [0.1, 0.15) is 0 Å². The first-order valence-electron chi connectivity index (χ1n) is 11.3. The monoisotopic (exact) mass is 363 g/mol. The number of imide groups is 1. The van der Waals surface area contributed by atoms with Crippen LogP contribution < -0.4 is 0 Å². The highest BCUT2D eigenvalue weighted by Crippen LogP contribution is 2.14. The molecule has 1 rings (SSSR count). The van der Waals surface area contributed by atoms with Gasteiger partial charge in [-0.05, 0) is 6.42 Å². The number of carbonyl (C=O) groups is 2. The van der Waals surface area contributed by atoms with Gasteiger partial charge in [0.15, 0.2) is 0 Å². The van der Waals surface area contributed by atoms with Crippen LogP contribution in [0.25, 0.3) is 0 Å². The molecule has 0 spiro atoms. The fourth-order valence-electron chi connectivity index (χ4n) is 3.65. The summed E-state index contributed by atoms with van der Waals surface area (Å²) >= 11 is 0. The van der Waals surface area contributed by atoms with E-state index in [1.165, 1.54) is 113 Å². The van der Waals surface area contributed by atoms with Gasteiger partial charge in [0.05, 0.1) is 0 Å². The Morgan fingerprint density at radius 2 is 0.846 bits per heavy atom. The summed E-state index contributed by atoms with van der Waals surface area (Å²) in [5.74, 6) is -0.294. The van der Waals surface area contributed by atoms with Crippen molar-refractivity contribution in [3.8, 4) is 0 Å². The predicted octanol–water partition coefficient (Wildman–Crippen LogP) is 6.56. The number of hydrogen-bond acceptors (Lipinski definition) is 2. The highest BCUT2D eigenvalue weighted by atomic mass is 16.2. The molecule has 1 aliphatic heterocycles. The maximum atomic E-state index is 11.4. The van der Waals surface area contributed by atoms with Crippen molar-refractivity contribution in [3.63, 3.8) is 0 Å². The molecule has 0 N–H and O–H groups in total. The minimum absolute atomic E-state index is 0.147. The van der Waals surface area contributed by atoms with E-state index in [1.54, 1.807) is 0 Å². The Morgan fingerprint density at radius 3 is 1.19 bits per heavy atom. The standard InChI is InChI=1S/C23H41NO2/c1-2-3-4-5-6-7-8-9-10-11-12-13-14-15-16-17-18-21-24-22(25)19-20-23(24)26/h19-20H,2-18,21H2,1H3. The zero-order valence-electron chi connectivity index (χ0n) is 17.1. The van der Waals surface area contributed by atoms with Gasteiger partial charge in [-0.2, -0.15) is 0 Å². The SMILES string of the molecule is CCCCCCCCCCCCCCCCCCCN1C(=O)C=CC1=O. The Labute approximate surface area is 161 Å². The molecule has 0 unspecified atom stereocenters. The van der Waals surface area contributed by atoms with Gasteiger partial charge in [0.2, 0.25) is 0 Å².